The largest absolute Gasteiger partial charge is 0.270 e. The van der Waals surface area contributed by atoms with Gasteiger partial charge in [0.15, 0.2) is 4.32 Å². The molecule has 0 aromatic heterocycles. The molecule has 1 amide bonds. The molecule has 1 fully saturated rings. The summed E-state index contributed by atoms with van der Waals surface area (Å²) in [6.07, 6.45) is 4.80. The zero-order chi connectivity index (χ0) is 18.7. The number of thiocarbonyl (C=S) groups is 1. The predicted molar refractivity (Wildman–Crippen MR) is 104 cm³/mol. The van der Waals surface area contributed by atoms with E-state index < -0.39 is 16.6 Å². The van der Waals surface area contributed by atoms with Crippen molar-refractivity contribution in [2.45, 2.75) is 0 Å². The van der Waals surface area contributed by atoms with Gasteiger partial charge in [0.2, 0.25) is 0 Å². The maximum Gasteiger partial charge on any atom is 0.270 e. The molecule has 2 aromatic carbocycles. The third-order valence-corrected chi connectivity index (χ3v) is 4.82. The normalized spacial score (nSPS) is 16.0. The molecule has 0 bridgehead atoms. The monoisotopic (exact) mass is 386 g/mol. The van der Waals surface area contributed by atoms with Gasteiger partial charge in [-0.1, -0.05) is 60.4 Å². The number of nitrogens with zero attached hydrogens (tertiary/aromatic N) is 2. The smallest absolute Gasteiger partial charge is 0.268 e. The van der Waals surface area contributed by atoms with Crippen LogP contribution in [-0.2, 0) is 4.79 Å². The number of nitro groups is 1. The van der Waals surface area contributed by atoms with Gasteiger partial charge in [0.25, 0.3) is 11.6 Å². The number of nitro benzene ring substituents is 1. The van der Waals surface area contributed by atoms with Crippen LogP contribution in [0.25, 0.3) is 6.08 Å². The summed E-state index contributed by atoms with van der Waals surface area (Å²) >= 11 is 6.26. The number of allylic oxidation sites excluding steroid dienone is 2. The minimum absolute atomic E-state index is 0.0157. The number of anilines is 1. The van der Waals surface area contributed by atoms with Gasteiger partial charge in [-0.05, 0) is 23.8 Å². The van der Waals surface area contributed by atoms with E-state index in [1.54, 1.807) is 36.4 Å². The van der Waals surface area contributed by atoms with Crippen LogP contribution in [-0.4, -0.2) is 15.2 Å². The first-order chi connectivity index (χ1) is 12.5. The first-order valence-electron chi connectivity index (χ1n) is 7.41. The van der Waals surface area contributed by atoms with Crippen molar-refractivity contribution < 1.29 is 14.1 Å². The number of hydrogen-bond acceptors (Lipinski definition) is 5. The van der Waals surface area contributed by atoms with Crippen LogP contribution in [0.15, 0.2) is 65.6 Å². The van der Waals surface area contributed by atoms with Gasteiger partial charge >= 0.3 is 0 Å². The maximum atomic E-state index is 13.9. The van der Waals surface area contributed by atoms with E-state index in [0.717, 1.165) is 16.7 Å². The Bertz CT molecular complexity index is 972. The lowest BCUT2D eigenvalue weighted by Crippen LogP contribution is -2.28. The highest BCUT2D eigenvalue weighted by atomic mass is 32.2. The Labute approximate surface area is 158 Å². The highest BCUT2D eigenvalue weighted by Crippen LogP contribution is 2.35. The number of amides is 1. The predicted octanol–water partition coefficient (Wildman–Crippen LogP) is 4.70. The summed E-state index contributed by atoms with van der Waals surface area (Å²) < 4.78 is 14.2. The zero-order valence-corrected chi connectivity index (χ0v) is 14.8. The van der Waals surface area contributed by atoms with Crippen molar-refractivity contribution in [1.82, 2.24) is 0 Å². The molecule has 0 unspecified atom stereocenters. The first-order valence-corrected chi connectivity index (χ1v) is 8.63. The van der Waals surface area contributed by atoms with Crippen molar-refractivity contribution in [1.29, 1.82) is 0 Å². The third-order valence-electron chi connectivity index (χ3n) is 3.50. The molecule has 0 saturated carbocycles. The highest BCUT2D eigenvalue weighted by Gasteiger charge is 2.34. The molecular formula is C18H11FN2O3S2. The van der Waals surface area contributed by atoms with E-state index in [-0.39, 0.29) is 15.7 Å². The molecule has 1 aliphatic rings. The van der Waals surface area contributed by atoms with E-state index in [1.165, 1.54) is 30.3 Å². The second-order valence-electron chi connectivity index (χ2n) is 5.20. The Hall–Kier alpha value is -2.84. The topological polar surface area (TPSA) is 63.4 Å². The number of rotatable bonds is 4. The highest BCUT2D eigenvalue weighted by molar-refractivity contribution is 8.27. The van der Waals surface area contributed by atoms with E-state index in [0.29, 0.717) is 10.5 Å². The maximum absolute atomic E-state index is 13.9. The molecule has 0 spiro atoms. The van der Waals surface area contributed by atoms with Crippen LogP contribution in [0.4, 0.5) is 15.8 Å². The van der Waals surface area contributed by atoms with E-state index >= 15 is 0 Å². The minimum atomic E-state index is -0.530. The number of halogens is 1. The van der Waals surface area contributed by atoms with Gasteiger partial charge in [-0.15, -0.1) is 0 Å². The quantitative estimate of drug-likeness (QED) is 0.330. The van der Waals surface area contributed by atoms with Gasteiger partial charge in [-0.3, -0.25) is 19.8 Å². The van der Waals surface area contributed by atoms with Gasteiger partial charge < -0.3 is 0 Å². The number of para-hydroxylation sites is 1. The number of non-ortho nitro benzene ring substituents is 1. The second kappa shape index (κ2) is 7.59. The van der Waals surface area contributed by atoms with Crippen molar-refractivity contribution in [3.63, 3.8) is 0 Å². The SMILES string of the molecule is O=C1/C(=C\C=C\c2cccc([N+](=O)[O-])c2)SC(=S)N1c1ccccc1F. The van der Waals surface area contributed by atoms with Crippen LogP contribution in [0.5, 0.6) is 0 Å². The number of carbonyl (C=O) groups excluding carboxylic acids is 1. The summed E-state index contributed by atoms with van der Waals surface area (Å²) in [6, 6.07) is 12.0. The Morgan fingerprint density at radius 1 is 1.19 bits per heavy atom. The molecule has 0 radical (unpaired) electrons. The van der Waals surface area contributed by atoms with Crippen LogP contribution < -0.4 is 4.90 Å². The Balaban J connectivity index is 1.81. The summed E-state index contributed by atoms with van der Waals surface area (Å²) in [5, 5.41) is 10.8. The summed E-state index contributed by atoms with van der Waals surface area (Å²) in [5.41, 5.74) is 0.721. The number of benzene rings is 2. The molecule has 2 aromatic rings. The van der Waals surface area contributed by atoms with E-state index in [1.807, 2.05) is 0 Å². The molecule has 0 atom stereocenters. The Kier molecular flexibility index (Phi) is 5.24. The Morgan fingerprint density at radius 2 is 1.96 bits per heavy atom. The number of carbonyl (C=O) groups is 1. The standard InChI is InChI=1S/C18H11FN2O3S2/c19-14-8-1-2-9-15(14)20-17(22)16(26-18(20)25)10-4-6-12-5-3-7-13(11-12)21(23)24/h1-11H/b6-4+,16-10+. The van der Waals surface area contributed by atoms with Crippen LogP contribution in [0.3, 0.4) is 0 Å². The van der Waals surface area contributed by atoms with Crippen molar-refractivity contribution in [3.05, 3.63) is 87.1 Å². The van der Waals surface area contributed by atoms with Gasteiger partial charge in [0.05, 0.1) is 15.5 Å². The molecule has 1 saturated heterocycles. The summed E-state index contributed by atoms with van der Waals surface area (Å²) in [6.45, 7) is 0. The lowest BCUT2D eigenvalue weighted by molar-refractivity contribution is -0.384. The fraction of sp³-hybridized carbons (Fsp3) is 0. The molecule has 26 heavy (non-hydrogen) atoms. The molecule has 1 heterocycles. The molecular weight excluding hydrogens is 375 g/mol. The molecule has 8 heteroatoms. The molecule has 0 N–H and O–H groups in total. The zero-order valence-electron chi connectivity index (χ0n) is 13.2. The molecule has 0 aliphatic carbocycles. The van der Waals surface area contributed by atoms with E-state index in [2.05, 4.69) is 0 Å². The van der Waals surface area contributed by atoms with Gasteiger partial charge in [-0.25, -0.2) is 4.39 Å². The summed E-state index contributed by atoms with van der Waals surface area (Å²) in [7, 11) is 0. The van der Waals surface area contributed by atoms with Crippen LogP contribution >= 0.6 is 24.0 Å². The second-order valence-corrected chi connectivity index (χ2v) is 6.88. The van der Waals surface area contributed by atoms with Crippen molar-refractivity contribution in [2.75, 3.05) is 4.90 Å². The van der Waals surface area contributed by atoms with Crippen LogP contribution in [0.2, 0.25) is 0 Å². The molecule has 130 valence electrons. The van der Waals surface area contributed by atoms with Gasteiger partial charge in [0, 0.05) is 12.1 Å². The van der Waals surface area contributed by atoms with Gasteiger partial charge in [-0.2, -0.15) is 0 Å². The minimum Gasteiger partial charge on any atom is -0.268 e. The fourth-order valence-corrected chi connectivity index (χ4v) is 3.55. The summed E-state index contributed by atoms with van der Waals surface area (Å²) in [4.78, 5) is 24.3. The lowest BCUT2D eigenvalue weighted by atomic mass is 10.2. The van der Waals surface area contributed by atoms with Crippen LogP contribution in [0.1, 0.15) is 5.56 Å². The average molecular weight is 386 g/mol. The fourth-order valence-electron chi connectivity index (χ4n) is 2.31. The Morgan fingerprint density at radius 3 is 2.69 bits per heavy atom. The average Bonchev–Trinajstić information content (AvgIpc) is 2.90. The van der Waals surface area contributed by atoms with Crippen molar-refractivity contribution in [2.24, 2.45) is 0 Å². The summed E-state index contributed by atoms with van der Waals surface area (Å²) in [5.74, 6) is -0.939. The van der Waals surface area contributed by atoms with Crippen molar-refractivity contribution in [3.8, 4) is 0 Å². The van der Waals surface area contributed by atoms with Gasteiger partial charge in [0.1, 0.15) is 5.82 Å². The number of thioether (sulfide) groups is 1. The van der Waals surface area contributed by atoms with E-state index in [9.17, 15) is 19.3 Å². The number of hydrogen-bond donors (Lipinski definition) is 0. The van der Waals surface area contributed by atoms with Crippen molar-refractivity contribution >= 4 is 51.7 Å². The lowest BCUT2D eigenvalue weighted by Gasteiger charge is -2.14. The first kappa shape index (κ1) is 18.0. The third kappa shape index (κ3) is 3.71. The molecule has 1 aliphatic heterocycles. The molecule has 5 nitrogen and oxygen atoms in total. The van der Waals surface area contributed by atoms with E-state index in [4.69, 9.17) is 12.2 Å². The van der Waals surface area contributed by atoms with Crippen LogP contribution in [0, 0.1) is 15.9 Å². The molecule has 3 rings (SSSR count).